The Labute approximate surface area is 142 Å². The van der Waals surface area contributed by atoms with Crippen molar-refractivity contribution in [3.63, 3.8) is 0 Å². The number of benzene rings is 1. The van der Waals surface area contributed by atoms with Gasteiger partial charge in [-0.25, -0.2) is 13.1 Å². The quantitative estimate of drug-likeness (QED) is 0.687. The molecule has 1 aromatic rings. The Bertz CT molecular complexity index is 575. The van der Waals surface area contributed by atoms with Crippen molar-refractivity contribution in [3.8, 4) is 0 Å². The van der Waals surface area contributed by atoms with Crippen LogP contribution in [0.3, 0.4) is 0 Å². The molecule has 0 aliphatic carbocycles. The minimum atomic E-state index is -3.47. The second-order valence-electron chi connectivity index (χ2n) is 4.78. The van der Waals surface area contributed by atoms with E-state index in [1.54, 1.807) is 18.2 Å². The number of hydrogen-bond acceptors (Lipinski definition) is 4. The zero-order valence-corrected chi connectivity index (χ0v) is 15.5. The first-order chi connectivity index (χ1) is 9.99. The molecule has 1 aliphatic heterocycles. The van der Waals surface area contributed by atoms with E-state index in [0.29, 0.717) is 11.0 Å². The second-order valence-corrected chi connectivity index (χ2v) is 8.29. The maximum Gasteiger partial charge on any atom is 0.241 e. The summed E-state index contributed by atoms with van der Waals surface area (Å²) in [6.07, 6.45) is 0.785. The van der Waals surface area contributed by atoms with Gasteiger partial charge >= 0.3 is 0 Å². The van der Waals surface area contributed by atoms with Gasteiger partial charge in [-0.05, 0) is 47.1 Å². The third-order valence-electron chi connectivity index (χ3n) is 3.23. The standard InChI is InChI=1S/C13H18Br2N2O3S/c14-11-2-3-13(12(15)10-11)21(18,19)16-4-1-5-17-6-8-20-9-7-17/h2-3,10,16H,1,4-9H2. The van der Waals surface area contributed by atoms with Gasteiger partial charge in [0.2, 0.25) is 10.0 Å². The molecule has 0 radical (unpaired) electrons. The molecular weight excluding hydrogens is 424 g/mol. The van der Waals surface area contributed by atoms with Crippen molar-refractivity contribution < 1.29 is 13.2 Å². The van der Waals surface area contributed by atoms with E-state index in [-0.39, 0.29) is 4.90 Å². The van der Waals surface area contributed by atoms with E-state index in [4.69, 9.17) is 4.74 Å². The molecule has 1 aromatic carbocycles. The van der Waals surface area contributed by atoms with Crippen molar-refractivity contribution in [3.05, 3.63) is 27.1 Å². The third kappa shape index (κ3) is 5.30. The van der Waals surface area contributed by atoms with Crippen LogP contribution in [0.1, 0.15) is 6.42 Å². The van der Waals surface area contributed by atoms with Gasteiger partial charge < -0.3 is 4.74 Å². The fraction of sp³-hybridized carbons (Fsp3) is 0.538. The summed E-state index contributed by atoms with van der Waals surface area (Å²) in [6.45, 7) is 4.68. The number of nitrogens with one attached hydrogen (secondary N) is 1. The van der Waals surface area contributed by atoms with Crippen LogP contribution in [0.4, 0.5) is 0 Å². The highest BCUT2D eigenvalue weighted by atomic mass is 79.9. The fourth-order valence-corrected chi connectivity index (χ4v) is 4.92. The van der Waals surface area contributed by atoms with Gasteiger partial charge in [-0.1, -0.05) is 15.9 Å². The first-order valence-electron chi connectivity index (χ1n) is 6.74. The van der Waals surface area contributed by atoms with E-state index in [2.05, 4.69) is 41.5 Å². The molecule has 118 valence electrons. The summed E-state index contributed by atoms with van der Waals surface area (Å²) in [6, 6.07) is 5.02. The van der Waals surface area contributed by atoms with E-state index >= 15 is 0 Å². The van der Waals surface area contributed by atoms with E-state index in [1.807, 2.05) is 0 Å². The van der Waals surface area contributed by atoms with Gasteiger partial charge in [0.25, 0.3) is 0 Å². The van der Waals surface area contributed by atoms with Gasteiger partial charge in [0.15, 0.2) is 0 Å². The highest BCUT2D eigenvalue weighted by Crippen LogP contribution is 2.25. The first-order valence-corrected chi connectivity index (χ1v) is 9.81. The van der Waals surface area contributed by atoms with Gasteiger partial charge in [0, 0.05) is 28.6 Å². The topological polar surface area (TPSA) is 58.6 Å². The van der Waals surface area contributed by atoms with Crippen molar-refractivity contribution in [1.82, 2.24) is 9.62 Å². The van der Waals surface area contributed by atoms with Crippen LogP contribution in [0, 0.1) is 0 Å². The minimum absolute atomic E-state index is 0.261. The Morgan fingerprint density at radius 2 is 1.95 bits per heavy atom. The number of sulfonamides is 1. The van der Waals surface area contributed by atoms with E-state index in [9.17, 15) is 8.42 Å². The van der Waals surface area contributed by atoms with Gasteiger partial charge in [0.05, 0.1) is 18.1 Å². The van der Waals surface area contributed by atoms with Crippen molar-refractivity contribution in [2.45, 2.75) is 11.3 Å². The SMILES string of the molecule is O=S(=O)(NCCCN1CCOCC1)c1ccc(Br)cc1Br. The Balaban J connectivity index is 1.83. The molecule has 0 atom stereocenters. The molecule has 21 heavy (non-hydrogen) atoms. The molecule has 1 N–H and O–H groups in total. The highest BCUT2D eigenvalue weighted by Gasteiger charge is 2.17. The van der Waals surface area contributed by atoms with Gasteiger partial charge in [-0.15, -0.1) is 0 Å². The monoisotopic (exact) mass is 440 g/mol. The summed E-state index contributed by atoms with van der Waals surface area (Å²) in [4.78, 5) is 2.55. The van der Waals surface area contributed by atoms with Crippen LogP contribution in [0.2, 0.25) is 0 Å². The lowest BCUT2D eigenvalue weighted by Gasteiger charge is -2.26. The lowest BCUT2D eigenvalue weighted by atomic mass is 10.3. The van der Waals surface area contributed by atoms with Crippen LogP contribution in [-0.4, -0.2) is 52.7 Å². The molecule has 5 nitrogen and oxygen atoms in total. The van der Waals surface area contributed by atoms with E-state index in [0.717, 1.165) is 43.7 Å². The summed E-state index contributed by atoms with van der Waals surface area (Å²) < 4.78 is 33.8. The fourth-order valence-electron chi connectivity index (χ4n) is 2.10. The highest BCUT2D eigenvalue weighted by molar-refractivity contribution is 9.11. The van der Waals surface area contributed by atoms with E-state index in [1.165, 1.54) is 0 Å². The second kappa shape index (κ2) is 8.03. The molecule has 0 amide bonds. The molecule has 0 unspecified atom stereocenters. The number of halogens is 2. The van der Waals surface area contributed by atoms with E-state index < -0.39 is 10.0 Å². The third-order valence-corrected chi connectivity index (χ3v) is 6.16. The van der Waals surface area contributed by atoms with Crippen LogP contribution in [0.5, 0.6) is 0 Å². The molecule has 0 spiro atoms. The zero-order chi connectivity index (χ0) is 15.3. The molecular formula is C13H18Br2N2O3S. The summed E-state index contributed by atoms with van der Waals surface area (Å²) in [5.41, 5.74) is 0. The van der Waals surface area contributed by atoms with Gasteiger partial charge in [-0.3, -0.25) is 4.90 Å². The Hall–Kier alpha value is 0.01000. The largest absolute Gasteiger partial charge is 0.379 e. The molecule has 2 rings (SSSR count). The molecule has 1 aliphatic rings. The molecule has 1 saturated heterocycles. The smallest absolute Gasteiger partial charge is 0.241 e. The zero-order valence-electron chi connectivity index (χ0n) is 11.5. The lowest BCUT2D eigenvalue weighted by molar-refractivity contribution is 0.0376. The summed E-state index contributed by atoms with van der Waals surface area (Å²) in [5.74, 6) is 0. The number of nitrogens with zero attached hydrogens (tertiary/aromatic N) is 1. The van der Waals surface area contributed by atoms with Crippen LogP contribution in [0.15, 0.2) is 32.0 Å². The maximum absolute atomic E-state index is 12.2. The number of hydrogen-bond donors (Lipinski definition) is 1. The van der Waals surface area contributed by atoms with Crippen LogP contribution in [-0.2, 0) is 14.8 Å². The van der Waals surface area contributed by atoms with Crippen molar-refractivity contribution in [2.75, 3.05) is 39.4 Å². The molecule has 8 heteroatoms. The van der Waals surface area contributed by atoms with Crippen molar-refractivity contribution in [1.29, 1.82) is 0 Å². The molecule has 1 fully saturated rings. The maximum atomic E-state index is 12.2. The average molecular weight is 442 g/mol. The van der Waals surface area contributed by atoms with Crippen molar-refractivity contribution >= 4 is 41.9 Å². The normalized spacial score (nSPS) is 17.0. The van der Waals surface area contributed by atoms with Crippen LogP contribution < -0.4 is 4.72 Å². The summed E-state index contributed by atoms with van der Waals surface area (Å²) >= 11 is 6.59. The van der Waals surface area contributed by atoms with Gasteiger partial charge in [-0.2, -0.15) is 0 Å². The van der Waals surface area contributed by atoms with Crippen LogP contribution in [0.25, 0.3) is 0 Å². The van der Waals surface area contributed by atoms with Gasteiger partial charge in [0.1, 0.15) is 0 Å². The predicted molar refractivity (Wildman–Crippen MR) is 88.9 cm³/mol. The predicted octanol–water partition coefficient (Wildman–Crippen LogP) is 2.21. The number of rotatable bonds is 6. The molecule has 0 aromatic heterocycles. The Morgan fingerprint density at radius 1 is 1.24 bits per heavy atom. The number of morpholine rings is 1. The molecule has 1 heterocycles. The average Bonchev–Trinajstić information content (AvgIpc) is 2.44. The lowest BCUT2D eigenvalue weighted by Crippen LogP contribution is -2.38. The van der Waals surface area contributed by atoms with Crippen molar-refractivity contribution in [2.24, 2.45) is 0 Å². The Kier molecular flexibility index (Phi) is 6.64. The minimum Gasteiger partial charge on any atom is -0.379 e. The molecule has 0 bridgehead atoms. The summed E-state index contributed by atoms with van der Waals surface area (Å²) in [7, 11) is -3.47. The first kappa shape index (κ1) is 17.4. The summed E-state index contributed by atoms with van der Waals surface area (Å²) in [5, 5.41) is 0. The van der Waals surface area contributed by atoms with Crippen LogP contribution >= 0.6 is 31.9 Å². The number of ether oxygens (including phenoxy) is 1. The molecule has 0 saturated carbocycles. The Morgan fingerprint density at radius 3 is 2.62 bits per heavy atom.